The van der Waals surface area contributed by atoms with Gasteiger partial charge in [-0.25, -0.2) is 0 Å². The van der Waals surface area contributed by atoms with Gasteiger partial charge in [0.05, 0.1) is 11.2 Å². The van der Waals surface area contributed by atoms with Crippen LogP contribution in [0, 0.1) is 6.92 Å². The lowest BCUT2D eigenvalue weighted by Gasteiger charge is -2.12. The van der Waals surface area contributed by atoms with Gasteiger partial charge < -0.3 is 14.8 Å². The van der Waals surface area contributed by atoms with Crippen LogP contribution in [0.25, 0.3) is 10.9 Å². The van der Waals surface area contributed by atoms with E-state index in [1.54, 1.807) is 4.68 Å². The van der Waals surface area contributed by atoms with Crippen LogP contribution in [0.2, 0.25) is 0 Å². The molecule has 2 aromatic heterocycles. The summed E-state index contributed by atoms with van der Waals surface area (Å²) in [5.74, 6) is -0.131. The number of hydrogen-bond donors (Lipinski definition) is 1. The van der Waals surface area contributed by atoms with Crippen LogP contribution >= 0.6 is 0 Å². The summed E-state index contributed by atoms with van der Waals surface area (Å²) in [6.45, 7) is 6.42. The minimum atomic E-state index is -0.131. The standard InChI is InChI=1S/C19H25N5O/c1-5-24-18(12-14(2)21-24)19(25)20-16-7-6-15-8-9-23(17(15)13-16)11-10-22(3)4/h6-9,12-13H,5,10-11H2,1-4H3,(H,20,25). The summed E-state index contributed by atoms with van der Waals surface area (Å²) in [6.07, 6.45) is 2.09. The van der Waals surface area contributed by atoms with Crippen molar-refractivity contribution in [1.29, 1.82) is 0 Å². The van der Waals surface area contributed by atoms with Crippen LogP contribution in [0.15, 0.2) is 36.5 Å². The van der Waals surface area contributed by atoms with E-state index in [1.165, 1.54) is 5.39 Å². The van der Waals surface area contributed by atoms with Crippen molar-refractivity contribution in [2.24, 2.45) is 0 Å². The Morgan fingerprint density at radius 1 is 1.24 bits per heavy atom. The molecular weight excluding hydrogens is 314 g/mol. The summed E-state index contributed by atoms with van der Waals surface area (Å²) in [5.41, 5.74) is 3.35. The SMILES string of the molecule is CCn1nc(C)cc1C(=O)Nc1ccc2ccn(CCN(C)C)c2c1. The molecule has 0 aliphatic carbocycles. The van der Waals surface area contributed by atoms with E-state index in [0.29, 0.717) is 12.2 Å². The van der Waals surface area contributed by atoms with Gasteiger partial charge in [-0.05, 0) is 57.6 Å². The number of likely N-dealkylation sites (N-methyl/N-ethyl adjacent to an activating group) is 1. The molecule has 0 radical (unpaired) electrons. The molecule has 1 amide bonds. The Balaban J connectivity index is 1.83. The third-order valence-electron chi connectivity index (χ3n) is 4.25. The van der Waals surface area contributed by atoms with E-state index >= 15 is 0 Å². The number of anilines is 1. The van der Waals surface area contributed by atoms with E-state index in [2.05, 4.69) is 46.2 Å². The molecule has 0 bridgehead atoms. The Hall–Kier alpha value is -2.60. The third kappa shape index (κ3) is 3.74. The van der Waals surface area contributed by atoms with Crippen molar-refractivity contribution in [3.63, 3.8) is 0 Å². The van der Waals surface area contributed by atoms with Gasteiger partial charge in [0.1, 0.15) is 5.69 Å². The van der Waals surface area contributed by atoms with E-state index < -0.39 is 0 Å². The number of hydrogen-bond acceptors (Lipinski definition) is 3. The van der Waals surface area contributed by atoms with Gasteiger partial charge in [0.25, 0.3) is 5.91 Å². The van der Waals surface area contributed by atoms with E-state index in [-0.39, 0.29) is 5.91 Å². The zero-order chi connectivity index (χ0) is 18.0. The number of aromatic nitrogens is 3. The minimum absolute atomic E-state index is 0.131. The first-order chi connectivity index (χ1) is 12.0. The number of amides is 1. The Bertz CT molecular complexity index is 890. The van der Waals surface area contributed by atoms with Gasteiger partial charge in [0, 0.05) is 31.5 Å². The maximum absolute atomic E-state index is 12.6. The highest BCUT2D eigenvalue weighted by Crippen LogP contribution is 2.21. The summed E-state index contributed by atoms with van der Waals surface area (Å²) >= 11 is 0. The molecule has 1 aromatic carbocycles. The fourth-order valence-electron chi connectivity index (χ4n) is 2.93. The molecule has 0 unspecified atom stereocenters. The summed E-state index contributed by atoms with van der Waals surface area (Å²) < 4.78 is 3.94. The molecular formula is C19H25N5O. The maximum atomic E-state index is 12.6. The van der Waals surface area contributed by atoms with Crippen LogP contribution in [-0.4, -0.2) is 45.8 Å². The van der Waals surface area contributed by atoms with Crippen molar-refractivity contribution >= 4 is 22.5 Å². The third-order valence-corrected chi connectivity index (χ3v) is 4.25. The second kappa shape index (κ2) is 7.11. The number of nitrogens with zero attached hydrogens (tertiary/aromatic N) is 4. The van der Waals surface area contributed by atoms with Gasteiger partial charge >= 0.3 is 0 Å². The van der Waals surface area contributed by atoms with E-state index in [0.717, 1.165) is 30.0 Å². The summed E-state index contributed by atoms with van der Waals surface area (Å²) in [5, 5.41) is 8.50. The molecule has 3 aromatic rings. The number of nitrogens with one attached hydrogen (secondary N) is 1. The van der Waals surface area contributed by atoms with E-state index in [9.17, 15) is 4.79 Å². The molecule has 0 aliphatic heterocycles. The van der Waals surface area contributed by atoms with Crippen molar-refractivity contribution < 1.29 is 4.79 Å². The molecule has 0 fully saturated rings. The molecule has 0 saturated carbocycles. The monoisotopic (exact) mass is 339 g/mol. The van der Waals surface area contributed by atoms with Crippen molar-refractivity contribution in [1.82, 2.24) is 19.2 Å². The fraction of sp³-hybridized carbons (Fsp3) is 0.368. The van der Waals surface area contributed by atoms with Gasteiger partial charge in [-0.2, -0.15) is 5.10 Å². The number of aryl methyl sites for hydroxylation is 2. The van der Waals surface area contributed by atoms with Gasteiger partial charge in [-0.3, -0.25) is 9.48 Å². The first kappa shape index (κ1) is 17.2. The lowest BCUT2D eigenvalue weighted by molar-refractivity contribution is 0.101. The molecule has 3 rings (SSSR count). The van der Waals surface area contributed by atoms with Crippen molar-refractivity contribution in [3.8, 4) is 0 Å². The fourth-order valence-corrected chi connectivity index (χ4v) is 2.93. The summed E-state index contributed by atoms with van der Waals surface area (Å²) in [6, 6.07) is 9.93. The average molecular weight is 339 g/mol. The molecule has 6 nitrogen and oxygen atoms in total. The molecule has 2 heterocycles. The average Bonchev–Trinajstić information content (AvgIpc) is 3.15. The maximum Gasteiger partial charge on any atom is 0.273 e. The first-order valence-corrected chi connectivity index (χ1v) is 8.57. The van der Waals surface area contributed by atoms with Crippen LogP contribution in [0.4, 0.5) is 5.69 Å². The molecule has 1 N–H and O–H groups in total. The van der Waals surface area contributed by atoms with Crippen LogP contribution in [0.5, 0.6) is 0 Å². The number of carbonyl (C=O) groups excluding carboxylic acids is 1. The number of rotatable bonds is 6. The second-order valence-electron chi connectivity index (χ2n) is 6.53. The molecule has 0 spiro atoms. The lowest BCUT2D eigenvalue weighted by Crippen LogP contribution is -2.18. The highest BCUT2D eigenvalue weighted by Gasteiger charge is 2.14. The normalized spacial score (nSPS) is 11.4. The lowest BCUT2D eigenvalue weighted by atomic mass is 10.2. The molecule has 6 heteroatoms. The smallest absolute Gasteiger partial charge is 0.273 e. The molecule has 132 valence electrons. The van der Waals surface area contributed by atoms with Crippen LogP contribution in [0.1, 0.15) is 23.1 Å². The van der Waals surface area contributed by atoms with Crippen molar-refractivity contribution in [2.75, 3.05) is 26.0 Å². The molecule has 25 heavy (non-hydrogen) atoms. The van der Waals surface area contributed by atoms with Crippen molar-refractivity contribution in [3.05, 3.63) is 47.9 Å². The van der Waals surface area contributed by atoms with E-state index in [1.807, 2.05) is 38.1 Å². The molecule has 0 aliphatic rings. The van der Waals surface area contributed by atoms with Gasteiger partial charge in [-0.1, -0.05) is 6.07 Å². The van der Waals surface area contributed by atoms with Crippen molar-refractivity contribution in [2.45, 2.75) is 26.9 Å². The van der Waals surface area contributed by atoms with Gasteiger partial charge in [-0.15, -0.1) is 0 Å². The van der Waals surface area contributed by atoms with Gasteiger partial charge in [0.2, 0.25) is 0 Å². The number of fused-ring (bicyclic) bond motifs is 1. The second-order valence-corrected chi connectivity index (χ2v) is 6.53. The number of carbonyl (C=O) groups is 1. The predicted molar refractivity (Wildman–Crippen MR) is 101 cm³/mol. The van der Waals surface area contributed by atoms with Gasteiger partial charge in [0.15, 0.2) is 0 Å². The number of benzene rings is 1. The largest absolute Gasteiger partial charge is 0.346 e. The quantitative estimate of drug-likeness (QED) is 0.751. The summed E-state index contributed by atoms with van der Waals surface area (Å²) in [7, 11) is 4.13. The molecule has 0 atom stereocenters. The summed E-state index contributed by atoms with van der Waals surface area (Å²) in [4.78, 5) is 14.8. The van der Waals surface area contributed by atoms with Crippen LogP contribution in [-0.2, 0) is 13.1 Å². The topological polar surface area (TPSA) is 55.1 Å². The van der Waals surface area contributed by atoms with Crippen LogP contribution in [0.3, 0.4) is 0 Å². The highest BCUT2D eigenvalue weighted by atomic mass is 16.2. The Morgan fingerprint density at radius 3 is 2.76 bits per heavy atom. The Kier molecular flexibility index (Phi) is 4.90. The Morgan fingerprint density at radius 2 is 2.04 bits per heavy atom. The zero-order valence-electron chi connectivity index (χ0n) is 15.3. The molecule has 0 saturated heterocycles. The minimum Gasteiger partial charge on any atom is -0.346 e. The highest BCUT2D eigenvalue weighted by molar-refractivity contribution is 6.04. The first-order valence-electron chi connectivity index (χ1n) is 8.57. The van der Waals surface area contributed by atoms with Crippen LogP contribution < -0.4 is 5.32 Å². The zero-order valence-corrected chi connectivity index (χ0v) is 15.3. The Labute approximate surface area is 148 Å². The van der Waals surface area contributed by atoms with E-state index in [4.69, 9.17) is 0 Å². The predicted octanol–water partition coefficient (Wildman–Crippen LogP) is 2.98.